The number of benzene rings is 1. The maximum absolute atomic E-state index is 12.4. The number of fused-ring (bicyclic) bond motifs is 1. The van der Waals surface area contributed by atoms with Gasteiger partial charge >= 0.3 is 5.69 Å². The van der Waals surface area contributed by atoms with Crippen molar-refractivity contribution in [3.63, 3.8) is 0 Å². The Kier molecular flexibility index (Phi) is 4.76. The van der Waals surface area contributed by atoms with Crippen LogP contribution in [0.5, 0.6) is 0 Å². The highest BCUT2D eigenvalue weighted by Crippen LogP contribution is 2.14. The molecular formula is C20H20N6O2. The molecule has 0 spiro atoms. The number of nitrogens with zero attached hydrogens (tertiary/aromatic N) is 5. The molecule has 3 heterocycles. The van der Waals surface area contributed by atoms with E-state index in [4.69, 9.17) is 0 Å². The van der Waals surface area contributed by atoms with Gasteiger partial charge in [0.05, 0.1) is 6.54 Å². The summed E-state index contributed by atoms with van der Waals surface area (Å²) in [5.74, 6) is 0.381. The lowest BCUT2D eigenvalue weighted by Crippen LogP contribution is -2.33. The van der Waals surface area contributed by atoms with Crippen molar-refractivity contribution >= 4 is 16.8 Å². The Balaban J connectivity index is 1.39. The molecule has 142 valence electrons. The number of amides is 1. The first-order chi connectivity index (χ1) is 13.6. The Morgan fingerprint density at radius 3 is 2.75 bits per heavy atom. The molecule has 8 nitrogen and oxygen atoms in total. The van der Waals surface area contributed by atoms with E-state index < -0.39 is 0 Å². The standard InChI is InChI=1S/C20H20N6O2/c1-24-19(16-7-4-5-10-21-16)23-26(20(24)28)13-11-22-18(27)14-25-12-9-15-6-2-3-8-17(15)25/h2-10,12H,11,13-14H2,1H3,(H,22,27). The molecule has 1 N–H and O–H groups in total. The average Bonchev–Trinajstić information content (AvgIpc) is 3.25. The molecule has 28 heavy (non-hydrogen) atoms. The van der Waals surface area contributed by atoms with E-state index in [0.717, 1.165) is 10.9 Å². The van der Waals surface area contributed by atoms with Crippen LogP contribution in [0.15, 0.2) is 65.7 Å². The third-order valence-electron chi connectivity index (χ3n) is 4.57. The lowest BCUT2D eigenvalue weighted by molar-refractivity contribution is -0.121. The number of hydrogen-bond acceptors (Lipinski definition) is 4. The van der Waals surface area contributed by atoms with Gasteiger partial charge in [-0.1, -0.05) is 24.3 Å². The molecule has 4 rings (SSSR count). The third kappa shape index (κ3) is 3.44. The molecule has 3 aromatic heterocycles. The number of nitrogens with one attached hydrogen (secondary N) is 1. The number of aromatic nitrogens is 5. The largest absolute Gasteiger partial charge is 0.353 e. The van der Waals surface area contributed by atoms with E-state index >= 15 is 0 Å². The zero-order chi connectivity index (χ0) is 19.5. The molecule has 1 aromatic carbocycles. The number of carbonyl (C=O) groups excluding carboxylic acids is 1. The quantitative estimate of drug-likeness (QED) is 0.551. The predicted octanol–water partition coefficient (Wildman–Crippen LogP) is 1.41. The summed E-state index contributed by atoms with van der Waals surface area (Å²) in [5.41, 5.74) is 1.40. The van der Waals surface area contributed by atoms with Crippen LogP contribution in [0.2, 0.25) is 0 Å². The van der Waals surface area contributed by atoms with E-state index in [2.05, 4.69) is 15.4 Å². The molecule has 0 saturated heterocycles. The van der Waals surface area contributed by atoms with Crippen molar-refractivity contribution in [2.45, 2.75) is 13.1 Å². The van der Waals surface area contributed by atoms with Gasteiger partial charge in [-0.25, -0.2) is 9.48 Å². The molecule has 0 radical (unpaired) electrons. The third-order valence-corrected chi connectivity index (χ3v) is 4.57. The van der Waals surface area contributed by atoms with Crippen LogP contribution >= 0.6 is 0 Å². The van der Waals surface area contributed by atoms with E-state index in [-0.39, 0.29) is 24.7 Å². The summed E-state index contributed by atoms with van der Waals surface area (Å²) in [6.45, 7) is 0.831. The molecular weight excluding hydrogens is 356 g/mol. The van der Waals surface area contributed by atoms with Crippen LogP contribution in [-0.2, 0) is 24.9 Å². The highest BCUT2D eigenvalue weighted by molar-refractivity contribution is 5.83. The Morgan fingerprint density at radius 1 is 1.11 bits per heavy atom. The van der Waals surface area contributed by atoms with E-state index in [1.807, 2.05) is 53.2 Å². The van der Waals surface area contributed by atoms with Gasteiger partial charge in [-0.3, -0.25) is 14.3 Å². The summed E-state index contributed by atoms with van der Waals surface area (Å²) in [7, 11) is 1.66. The number of rotatable bonds is 6. The highest BCUT2D eigenvalue weighted by atomic mass is 16.2. The van der Waals surface area contributed by atoms with E-state index in [0.29, 0.717) is 18.1 Å². The number of carbonyl (C=O) groups is 1. The van der Waals surface area contributed by atoms with Crippen molar-refractivity contribution in [1.82, 2.24) is 29.2 Å². The smallest absolute Gasteiger partial charge is 0.346 e. The van der Waals surface area contributed by atoms with E-state index in [9.17, 15) is 9.59 Å². The molecule has 0 saturated carbocycles. The lowest BCUT2D eigenvalue weighted by atomic mass is 10.2. The molecule has 1 amide bonds. The molecule has 4 aromatic rings. The highest BCUT2D eigenvalue weighted by Gasteiger charge is 2.13. The molecule has 0 atom stereocenters. The zero-order valence-electron chi connectivity index (χ0n) is 15.4. The van der Waals surface area contributed by atoms with Gasteiger partial charge in [-0.05, 0) is 29.7 Å². The van der Waals surface area contributed by atoms with Crippen molar-refractivity contribution in [2.24, 2.45) is 7.05 Å². The lowest BCUT2D eigenvalue weighted by Gasteiger charge is -2.07. The first kappa shape index (κ1) is 17.7. The fourth-order valence-electron chi connectivity index (χ4n) is 3.14. The summed E-state index contributed by atoms with van der Waals surface area (Å²) >= 11 is 0. The van der Waals surface area contributed by atoms with Gasteiger partial charge in [-0.15, -0.1) is 5.10 Å². The van der Waals surface area contributed by atoms with Gasteiger partial charge in [0.15, 0.2) is 5.82 Å². The summed E-state index contributed by atoms with van der Waals surface area (Å²) in [6.07, 6.45) is 3.55. The van der Waals surface area contributed by atoms with E-state index in [1.165, 1.54) is 9.25 Å². The van der Waals surface area contributed by atoms with Crippen LogP contribution in [0.1, 0.15) is 0 Å². The van der Waals surface area contributed by atoms with Gasteiger partial charge in [0.2, 0.25) is 5.91 Å². The maximum atomic E-state index is 12.4. The monoisotopic (exact) mass is 376 g/mol. The predicted molar refractivity (Wildman–Crippen MR) is 106 cm³/mol. The van der Waals surface area contributed by atoms with E-state index in [1.54, 1.807) is 19.3 Å². The van der Waals surface area contributed by atoms with Crippen molar-refractivity contribution in [3.8, 4) is 11.5 Å². The van der Waals surface area contributed by atoms with Gasteiger partial charge in [0.1, 0.15) is 12.2 Å². The van der Waals surface area contributed by atoms with Crippen LogP contribution in [-0.4, -0.2) is 36.4 Å². The second-order valence-corrected chi connectivity index (χ2v) is 6.46. The normalized spacial score (nSPS) is 11.0. The molecule has 8 heteroatoms. The minimum absolute atomic E-state index is 0.115. The first-order valence-corrected chi connectivity index (χ1v) is 8.99. The topological polar surface area (TPSA) is 86.7 Å². The minimum atomic E-state index is -0.244. The summed E-state index contributed by atoms with van der Waals surface area (Å²) < 4.78 is 4.70. The van der Waals surface area contributed by atoms with Gasteiger partial charge < -0.3 is 9.88 Å². The number of pyridine rings is 1. The second-order valence-electron chi connectivity index (χ2n) is 6.46. The Morgan fingerprint density at radius 2 is 1.93 bits per heavy atom. The summed E-state index contributed by atoms with van der Waals surface area (Å²) in [6, 6.07) is 15.3. The summed E-state index contributed by atoms with van der Waals surface area (Å²) in [4.78, 5) is 28.9. The number of hydrogen-bond donors (Lipinski definition) is 1. The Bertz CT molecular complexity index is 1170. The molecule has 0 aliphatic heterocycles. The molecule has 0 fully saturated rings. The fraction of sp³-hybridized carbons (Fsp3) is 0.200. The summed E-state index contributed by atoms with van der Waals surface area (Å²) in [5, 5.41) is 8.28. The maximum Gasteiger partial charge on any atom is 0.346 e. The average molecular weight is 376 g/mol. The molecule has 0 unspecified atom stereocenters. The van der Waals surface area contributed by atoms with Crippen molar-refractivity contribution in [1.29, 1.82) is 0 Å². The fourth-order valence-corrected chi connectivity index (χ4v) is 3.14. The molecule has 0 aliphatic carbocycles. The van der Waals surface area contributed by atoms with Gasteiger partial charge in [0, 0.05) is 31.5 Å². The van der Waals surface area contributed by atoms with Crippen LogP contribution in [0.25, 0.3) is 22.4 Å². The van der Waals surface area contributed by atoms with Crippen LogP contribution in [0.3, 0.4) is 0 Å². The second kappa shape index (κ2) is 7.51. The van der Waals surface area contributed by atoms with Crippen LogP contribution in [0, 0.1) is 0 Å². The first-order valence-electron chi connectivity index (χ1n) is 8.99. The Hall–Kier alpha value is -3.68. The van der Waals surface area contributed by atoms with Crippen molar-refractivity contribution in [3.05, 3.63) is 71.4 Å². The minimum Gasteiger partial charge on any atom is -0.353 e. The van der Waals surface area contributed by atoms with Crippen molar-refractivity contribution in [2.75, 3.05) is 6.54 Å². The molecule has 0 aliphatic rings. The van der Waals surface area contributed by atoms with Crippen molar-refractivity contribution < 1.29 is 4.79 Å². The number of para-hydroxylation sites is 1. The zero-order valence-corrected chi connectivity index (χ0v) is 15.4. The van der Waals surface area contributed by atoms with Gasteiger partial charge in [0.25, 0.3) is 0 Å². The SMILES string of the molecule is Cn1c(-c2ccccn2)nn(CCNC(=O)Cn2ccc3ccccc32)c1=O. The molecule has 0 bridgehead atoms. The van der Waals surface area contributed by atoms with Crippen LogP contribution in [0.4, 0.5) is 0 Å². The van der Waals surface area contributed by atoms with Gasteiger partial charge in [-0.2, -0.15) is 0 Å². The van der Waals surface area contributed by atoms with Crippen LogP contribution < -0.4 is 11.0 Å². The Labute approximate surface area is 161 Å².